The highest BCUT2D eigenvalue weighted by molar-refractivity contribution is 9.10. The normalized spacial score (nSPS) is 13.3. The van der Waals surface area contributed by atoms with Crippen LogP contribution in [-0.2, 0) is 6.18 Å². The molecular weight excluding hydrogens is 373 g/mol. The largest absolute Gasteiger partial charge is 0.416 e. The van der Waals surface area contributed by atoms with Gasteiger partial charge in [-0.15, -0.1) is 0 Å². The van der Waals surface area contributed by atoms with Crippen LogP contribution in [0.5, 0.6) is 0 Å². The molecule has 3 aromatic rings. The Morgan fingerprint density at radius 2 is 1.65 bits per heavy atom. The van der Waals surface area contributed by atoms with E-state index in [4.69, 9.17) is 0 Å². The number of hydrogen-bond donors (Lipinski definition) is 0. The maximum Gasteiger partial charge on any atom is 0.416 e. The highest BCUT2D eigenvalue weighted by atomic mass is 79.9. The highest BCUT2D eigenvalue weighted by Crippen LogP contribution is 2.38. The van der Waals surface area contributed by atoms with Crippen LogP contribution in [0.25, 0.3) is 22.3 Å². The number of alkyl halides is 3. The first kappa shape index (κ1) is 14.3. The zero-order valence-corrected chi connectivity index (χ0v) is 12.9. The minimum absolute atomic E-state index is 0.0339. The molecule has 1 aliphatic rings. The molecule has 0 fully saturated rings. The Labute approximate surface area is 136 Å². The monoisotopic (exact) mass is 378 g/mol. The van der Waals surface area contributed by atoms with Gasteiger partial charge in [-0.3, -0.25) is 4.79 Å². The molecule has 114 valence electrons. The smallest absolute Gasteiger partial charge is 0.287 e. The summed E-state index contributed by atoms with van der Waals surface area (Å²) in [5.74, 6) is -0.321. The molecule has 0 bridgehead atoms. The fourth-order valence-corrected chi connectivity index (χ4v) is 3.18. The Morgan fingerprint density at radius 1 is 0.957 bits per heavy atom. The number of fused-ring (bicyclic) bond motifs is 4. The molecule has 0 saturated heterocycles. The number of aromatic nitrogens is 2. The molecule has 0 N–H and O–H groups in total. The van der Waals surface area contributed by atoms with Crippen LogP contribution in [0.4, 0.5) is 13.2 Å². The Kier molecular flexibility index (Phi) is 2.87. The van der Waals surface area contributed by atoms with Gasteiger partial charge in [-0.05, 0) is 28.1 Å². The van der Waals surface area contributed by atoms with Gasteiger partial charge in [-0.1, -0.05) is 24.3 Å². The van der Waals surface area contributed by atoms with Crippen molar-refractivity contribution >= 4 is 32.7 Å². The number of ketones is 1. The minimum Gasteiger partial charge on any atom is -0.287 e. The quantitative estimate of drug-likeness (QED) is 0.448. The van der Waals surface area contributed by atoms with Crippen LogP contribution in [0.15, 0.2) is 40.9 Å². The second-order valence-electron chi connectivity index (χ2n) is 5.12. The van der Waals surface area contributed by atoms with Gasteiger partial charge in [-0.2, -0.15) is 13.2 Å². The first-order valence-electron chi connectivity index (χ1n) is 6.59. The number of carbonyl (C=O) groups is 1. The second-order valence-corrected chi connectivity index (χ2v) is 5.97. The van der Waals surface area contributed by atoms with Crippen LogP contribution in [0.2, 0.25) is 0 Å². The van der Waals surface area contributed by atoms with E-state index in [9.17, 15) is 18.0 Å². The fraction of sp³-hybridized carbons (Fsp3) is 0.0625. The van der Waals surface area contributed by atoms with Crippen molar-refractivity contribution in [3.63, 3.8) is 0 Å². The summed E-state index contributed by atoms with van der Waals surface area (Å²) in [6, 6.07) is 8.77. The number of nitrogens with zero attached hydrogens (tertiary/aromatic N) is 2. The second kappa shape index (κ2) is 4.61. The van der Waals surface area contributed by atoms with E-state index in [-0.39, 0.29) is 21.5 Å². The van der Waals surface area contributed by atoms with Gasteiger partial charge in [0.2, 0.25) is 5.78 Å². The van der Waals surface area contributed by atoms with Gasteiger partial charge >= 0.3 is 6.18 Å². The summed E-state index contributed by atoms with van der Waals surface area (Å²) in [7, 11) is 0. The lowest BCUT2D eigenvalue weighted by molar-refractivity contribution is -0.137. The lowest BCUT2D eigenvalue weighted by atomic mass is 10.1. The van der Waals surface area contributed by atoms with Crippen LogP contribution in [0, 0.1) is 0 Å². The molecule has 1 aromatic heterocycles. The van der Waals surface area contributed by atoms with E-state index in [2.05, 4.69) is 25.9 Å². The van der Waals surface area contributed by atoms with Crippen molar-refractivity contribution in [2.75, 3.05) is 0 Å². The zero-order valence-electron chi connectivity index (χ0n) is 11.3. The lowest BCUT2D eigenvalue weighted by Gasteiger charge is -2.09. The van der Waals surface area contributed by atoms with Crippen LogP contribution < -0.4 is 0 Å². The number of halogens is 4. The predicted octanol–water partition coefficient (Wildman–Crippen LogP) is 4.62. The summed E-state index contributed by atoms with van der Waals surface area (Å²) in [4.78, 5) is 20.9. The first-order valence-corrected chi connectivity index (χ1v) is 7.38. The molecule has 0 aliphatic heterocycles. The van der Waals surface area contributed by atoms with Crippen molar-refractivity contribution < 1.29 is 18.0 Å². The van der Waals surface area contributed by atoms with Gasteiger partial charge in [0.1, 0.15) is 16.9 Å². The predicted molar refractivity (Wildman–Crippen MR) is 81.1 cm³/mol. The minimum atomic E-state index is -4.50. The van der Waals surface area contributed by atoms with Crippen LogP contribution in [-0.4, -0.2) is 15.8 Å². The molecule has 2 aromatic carbocycles. The molecule has 0 saturated carbocycles. The highest BCUT2D eigenvalue weighted by Gasteiger charge is 2.33. The van der Waals surface area contributed by atoms with Crippen molar-refractivity contribution in [1.82, 2.24) is 9.97 Å². The van der Waals surface area contributed by atoms with Crippen LogP contribution in [0.3, 0.4) is 0 Å². The topological polar surface area (TPSA) is 42.9 Å². The number of carbonyl (C=O) groups excluding carboxylic acids is 1. The third kappa shape index (κ3) is 2.07. The maximum atomic E-state index is 12.9. The standard InChI is InChI=1S/C16H6BrF3N2O/c17-10-5-7(16(18,19)20)6-11-13(10)22-12-8-3-1-2-4-9(8)15(23)14(12)21-11/h1-6H. The number of benzene rings is 2. The van der Waals surface area contributed by atoms with Crippen LogP contribution >= 0.6 is 15.9 Å². The van der Waals surface area contributed by atoms with E-state index in [0.29, 0.717) is 22.3 Å². The van der Waals surface area contributed by atoms with Crippen molar-refractivity contribution in [2.45, 2.75) is 6.18 Å². The van der Waals surface area contributed by atoms with Gasteiger partial charge in [0, 0.05) is 15.6 Å². The Bertz CT molecular complexity index is 999. The third-order valence-corrected chi connectivity index (χ3v) is 4.30. The van der Waals surface area contributed by atoms with E-state index in [1.165, 1.54) is 0 Å². The average Bonchev–Trinajstić information content (AvgIpc) is 2.78. The van der Waals surface area contributed by atoms with Crippen molar-refractivity contribution in [3.8, 4) is 11.3 Å². The Hall–Kier alpha value is -2.28. The van der Waals surface area contributed by atoms with Crippen molar-refractivity contribution in [1.29, 1.82) is 0 Å². The molecule has 0 atom stereocenters. The lowest BCUT2D eigenvalue weighted by Crippen LogP contribution is -2.06. The summed E-state index contributed by atoms with van der Waals surface area (Å²) >= 11 is 3.12. The summed E-state index contributed by atoms with van der Waals surface area (Å²) in [5.41, 5.74) is 1.09. The average molecular weight is 379 g/mol. The summed E-state index contributed by atoms with van der Waals surface area (Å²) < 4.78 is 39.0. The third-order valence-electron chi connectivity index (χ3n) is 3.69. The van der Waals surface area contributed by atoms with E-state index >= 15 is 0 Å². The molecule has 0 amide bonds. The maximum absolute atomic E-state index is 12.9. The molecule has 0 unspecified atom stereocenters. The first-order chi connectivity index (χ1) is 10.9. The van der Waals surface area contributed by atoms with E-state index in [1.54, 1.807) is 24.3 Å². The molecule has 4 rings (SSSR count). The summed E-state index contributed by atoms with van der Waals surface area (Å²) in [6.45, 7) is 0. The Balaban J connectivity index is 2.04. The molecule has 1 aliphatic carbocycles. The van der Waals surface area contributed by atoms with Gasteiger partial charge in [0.25, 0.3) is 0 Å². The number of hydrogen-bond acceptors (Lipinski definition) is 3. The molecule has 0 spiro atoms. The SMILES string of the molecule is O=C1c2ccccc2-c2nc3c(Br)cc(C(F)(F)F)cc3nc21. The zero-order chi connectivity index (χ0) is 16.4. The molecule has 3 nitrogen and oxygen atoms in total. The molecule has 0 radical (unpaired) electrons. The molecule has 1 heterocycles. The van der Waals surface area contributed by atoms with Crippen LogP contribution in [0.1, 0.15) is 21.6 Å². The van der Waals surface area contributed by atoms with Gasteiger partial charge in [-0.25, -0.2) is 9.97 Å². The van der Waals surface area contributed by atoms with Gasteiger partial charge < -0.3 is 0 Å². The molecule has 23 heavy (non-hydrogen) atoms. The molecular formula is C16H6BrF3N2O. The van der Waals surface area contributed by atoms with Crippen molar-refractivity contribution in [3.05, 3.63) is 57.7 Å². The fourth-order valence-electron chi connectivity index (χ4n) is 2.64. The summed E-state index contributed by atoms with van der Waals surface area (Å²) in [5, 5.41) is 0. The van der Waals surface area contributed by atoms with Crippen molar-refractivity contribution in [2.24, 2.45) is 0 Å². The van der Waals surface area contributed by atoms with Gasteiger partial charge in [0.05, 0.1) is 11.1 Å². The van der Waals surface area contributed by atoms with E-state index in [0.717, 1.165) is 12.1 Å². The Morgan fingerprint density at radius 3 is 2.35 bits per heavy atom. The summed E-state index contributed by atoms with van der Waals surface area (Å²) in [6.07, 6.45) is -4.50. The van der Waals surface area contributed by atoms with E-state index < -0.39 is 11.7 Å². The number of rotatable bonds is 0. The van der Waals surface area contributed by atoms with E-state index in [1.807, 2.05) is 0 Å². The molecule has 7 heteroatoms. The van der Waals surface area contributed by atoms with Gasteiger partial charge in [0.15, 0.2) is 0 Å².